The Morgan fingerprint density at radius 1 is 0.771 bits per heavy atom. The summed E-state index contributed by atoms with van der Waals surface area (Å²) in [4.78, 5) is 0. The van der Waals surface area contributed by atoms with Gasteiger partial charge in [0.05, 0.1) is 6.61 Å². The Bertz CT molecular complexity index is 797. The Morgan fingerprint density at radius 2 is 1.31 bits per heavy atom. The van der Waals surface area contributed by atoms with E-state index in [1.165, 1.54) is 12.1 Å². The van der Waals surface area contributed by atoms with E-state index in [1.54, 1.807) is 12.1 Å². The number of halogens is 11. The van der Waals surface area contributed by atoms with E-state index < -0.39 is 43.5 Å². The van der Waals surface area contributed by atoms with Crippen LogP contribution in [0.1, 0.15) is 62.5 Å². The van der Waals surface area contributed by atoms with E-state index in [2.05, 4.69) is 16.4 Å². The van der Waals surface area contributed by atoms with E-state index >= 15 is 0 Å². The molecule has 1 atom stereocenters. The number of ether oxygens (including phenoxy) is 2. The summed E-state index contributed by atoms with van der Waals surface area (Å²) >= 11 is 0. The van der Waals surface area contributed by atoms with Gasteiger partial charge in [-0.25, -0.2) is 0 Å². The van der Waals surface area contributed by atoms with Crippen molar-refractivity contribution in [3.05, 3.63) is 35.4 Å². The van der Waals surface area contributed by atoms with Gasteiger partial charge >= 0.3 is 30.2 Å². The van der Waals surface area contributed by atoms with Gasteiger partial charge < -0.3 is 4.74 Å². The zero-order chi connectivity index (χ0) is 26.7. The summed E-state index contributed by atoms with van der Waals surface area (Å²) in [5, 5.41) is 0. The molecular weight excluding hydrogens is 505 g/mol. The molecule has 1 aliphatic rings. The predicted octanol–water partition coefficient (Wildman–Crippen LogP) is 8.31. The predicted molar refractivity (Wildman–Crippen MR) is 103 cm³/mol. The van der Waals surface area contributed by atoms with Crippen molar-refractivity contribution >= 4 is 0 Å². The zero-order valence-corrected chi connectivity index (χ0v) is 18.6. The minimum atomic E-state index is -7.09. The maximum Gasteiger partial charge on any atom is 0.462 e. The molecule has 1 aromatic rings. The van der Waals surface area contributed by atoms with E-state index in [4.69, 9.17) is 0 Å². The van der Waals surface area contributed by atoms with Crippen molar-refractivity contribution in [2.45, 2.75) is 88.2 Å². The van der Waals surface area contributed by atoms with Crippen LogP contribution in [0.15, 0.2) is 24.3 Å². The van der Waals surface area contributed by atoms with Gasteiger partial charge in [-0.15, -0.1) is 0 Å². The minimum Gasteiger partial charge on any atom is -0.370 e. The molecule has 1 fully saturated rings. The molecule has 0 amide bonds. The highest BCUT2D eigenvalue weighted by atomic mass is 19.4. The quantitative estimate of drug-likeness (QED) is 0.283. The van der Waals surface area contributed by atoms with E-state index in [0.717, 1.165) is 44.1 Å². The van der Waals surface area contributed by atoms with Crippen molar-refractivity contribution in [3.63, 3.8) is 0 Å². The molecule has 0 radical (unpaired) electrons. The number of hydrogen-bond acceptors (Lipinski definition) is 2. The molecule has 202 valence electrons. The van der Waals surface area contributed by atoms with Gasteiger partial charge in [-0.2, -0.15) is 48.3 Å². The molecule has 0 saturated heterocycles. The van der Waals surface area contributed by atoms with Gasteiger partial charge in [0, 0.05) is 0 Å². The average Bonchev–Trinajstić information content (AvgIpc) is 2.73. The van der Waals surface area contributed by atoms with E-state index in [0.29, 0.717) is 5.92 Å². The second-order valence-corrected chi connectivity index (χ2v) is 8.66. The summed E-state index contributed by atoms with van der Waals surface area (Å²) in [6, 6.07) is 6.28. The molecule has 1 saturated carbocycles. The van der Waals surface area contributed by atoms with Crippen LogP contribution >= 0.6 is 0 Å². The highest BCUT2D eigenvalue weighted by molar-refractivity contribution is 5.25. The largest absolute Gasteiger partial charge is 0.462 e. The summed E-state index contributed by atoms with van der Waals surface area (Å²) < 4.78 is 149. The van der Waals surface area contributed by atoms with Crippen molar-refractivity contribution in [2.75, 3.05) is 6.61 Å². The van der Waals surface area contributed by atoms with Crippen LogP contribution in [0.5, 0.6) is 0 Å². The summed E-state index contributed by atoms with van der Waals surface area (Å²) in [5.41, 5.74) is 1.17. The molecule has 2 nitrogen and oxygen atoms in total. The standard InChI is InChI=1S/C22H25F11O2/c1-2-3-14-4-8-16(9-5-14)17-10-6-15(7-11-17)12-34-13-18(23,20(26,27)28)35-22(32,33)19(24,25)21(29,30)31/h6-7,10-11,14,16H,2-5,8-9,12-13H2,1H3. The van der Waals surface area contributed by atoms with Crippen molar-refractivity contribution in [1.29, 1.82) is 0 Å². The molecule has 0 bridgehead atoms. The molecule has 0 N–H and O–H groups in total. The summed E-state index contributed by atoms with van der Waals surface area (Å²) in [7, 11) is 0. The Labute approximate surface area is 194 Å². The molecule has 0 aliphatic heterocycles. The third kappa shape index (κ3) is 6.99. The monoisotopic (exact) mass is 530 g/mol. The molecule has 0 heterocycles. The van der Waals surface area contributed by atoms with Gasteiger partial charge in [-0.3, -0.25) is 4.74 Å². The fraction of sp³-hybridized carbons (Fsp3) is 0.727. The van der Waals surface area contributed by atoms with Crippen LogP contribution in [0.3, 0.4) is 0 Å². The first-order valence-corrected chi connectivity index (χ1v) is 10.9. The highest BCUT2D eigenvalue weighted by Crippen LogP contribution is 2.51. The Kier molecular flexibility index (Phi) is 9.11. The lowest BCUT2D eigenvalue weighted by Gasteiger charge is -2.34. The average molecular weight is 530 g/mol. The summed E-state index contributed by atoms with van der Waals surface area (Å²) in [5.74, 6) is -11.8. The van der Waals surface area contributed by atoms with Crippen molar-refractivity contribution in [1.82, 2.24) is 0 Å². The van der Waals surface area contributed by atoms with E-state index in [1.807, 2.05) is 0 Å². The van der Waals surface area contributed by atoms with Gasteiger partial charge in [0.25, 0.3) is 0 Å². The van der Waals surface area contributed by atoms with E-state index in [9.17, 15) is 48.3 Å². The highest BCUT2D eigenvalue weighted by Gasteiger charge is 2.78. The molecule has 1 aliphatic carbocycles. The molecule has 13 heteroatoms. The molecule has 2 rings (SSSR count). The van der Waals surface area contributed by atoms with Crippen LogP contribution in [0, 0.1) is 5.92 Å². The second-order valence-electron chi connectivity index (χ2n) is 8.66. The van der Waals surface area contributed by atoms with Crippen LogP contribution in [0.4, 0.5) is 48.3 Å². The van der Waals surface area contributed by atoms with Crippen LogP contribution in [0.2, 0.25) is 0 Å². The van der Waals surface area contributed by atoms with Crippen LogP contribution < -0.4 is 0 Å². The Balaban J connectivity index is 2.01. The molecule has 0 aromatic heterocycles. The maximum atomic E-state index is 14.2. The summed E-state index contributed by atoms with van der Waals surface area (Å²) in [6.45, 7) is -1.05. The summed E-state index contributed by atoms with van der Waals surface area (Å²) in [6.07, 6.45) is -14.0. The molecule has 35 heavy (non-hydrogen) atoms. The fourth-order valence-electron chi connectivity index (χ4n) is 3.98. The number of hydrogen-bond donors (Lipinski definition) is 0. The van der Waals surface area contributed by atoms with Crippen LogP contribution in [0.25, 0.3) is 0 Å². The lowest BCUT2D eigenvalue weighted by molar-refractivity contribution is -0.486. The Morgan fingerprint density at radius 3 is 1.77 bits per heavy atom. The third-order valence-electron chi connectivity index (χ3n) is 5.99. The fourth-order valence-corrected chi connectivity index (χ4v) is 3.98. The number of benzene rings is 1. The third-order valence-corrected chi connectivity index (χ3v) is 5.99. The topological polar surface area (TPSA) is 18.5 Å². The van der Waals surface area contributed by atoms with Crippen molar-refractivity contribution in [2.24, 2.45) is 5.92 Å². The van der Waals surface area contributed by atoms with Gasteiger partial charge in [0.15, 0.2) is 0 Å². The van der Waals surface area contributed by atoms with Gasteiger partial charge in [0.1, 0.15) is 6.61 Å². The number of alkyl halides is 11. The lowest BCUT2D eigenvalue weighted by Crippen LogP contribution is -2.60. The molecule has 1 aromatic carbocycles. The molecular formula is C22H25F11O2. The second kappa shape index (κ2) is 10.8. The first kappa shape index (κ1) is 29.6. The van der Waals surface area contributed by atoms with Crippen molar-refractivity contribution < 1.29 is 57.8 Å². The van der Waals surface area contributed by atoms with Crippen molar-refractivity contribution in [3.8, 4) is 0 Å². The first-order valence-electron chi connectivity index (χ1n) is 10.9. The first-order chi connectivity index (χ1) is 15.9. The Hall–Kier alpha value is -1.63. The SMILES string of the molecule is CCCC1CCC(c2ccc(COCC(F)(OC(F)(F)C(F)(F)C(F)(F)F)C(F)(F)F)cc2)CC1. The lowest BCUT2D eigenvalue weighted by atomic mass is 9.77. The minimum absolute atomic E-state index is 0.199. The zero-order valence-electron chi connectivity index (χ0n) is 18.6. The van der Waals surface area contributed by atoms with Gasteiger partial charge in [0.2, 0.25) is 0 Å². The maximum absolute atomic E-state index is 14.2. The smallest absolute Gasteiger partial charge is 0.370 e. The van der Waals surface area contributed by atoms with Gasteiger partial charge in [-0.05, 0) is 48.6 Å². The van der Waals surface area contributed by atoms with Crippen LogP contribution in [-0.4, -0.2) is 36.8 Å². The van der Waals surface area contributed by atoms with E-state index in [-0.39, 0.29) is 11.5 Å². The number of rotatable bonds is 10. The molecule has 1 unspecified atom stereocenters. The molecule has 0 spiro atoms. The normalized spacial score (nSPS) is 22.2. The van der Waals surface area contributed by atoms with Crippen LogP contribution in [-0.2, 0) is 16.1 Å². The van der Waals surface area contributed by atoms with Gasteiger partial charge in [-0.1, -0.05) is 44.0 Å².